The molecular weight excluding hydrogens is 364 g/mol. The number of carbonyl (C=O) groups excluding carboxylic acids is 2. The van der Waals surface area contributed by atoms with Gasteiger partial charge in [0, 0.05) is 6.42 Å². The Bertz CT molecular complexity index is 394. The normalized spacial score (nSPS) is 13.1. The zero-order valence-corrected chi connectivity index (χ0v) is 19.8. The first-order valence-corrected chi connectivity index (χ1v) is 12.3. The molecule has 0 fully saturated rings. The zero-order chi connectivity index (χ0) is 21.7. The number of hydrogen-bond acceptors (Lipinski definition) is 4. The van der Waals surface area contributed by atoms with E-state index in [-0.39, 0.29) is 17.9 Å². The first kappa shape index (κ1) is 27.9. The molecular formula is C25H48O4. The topological polar surface area (TPSA) is 52.6 Å². The third kappa shape index (κ3) is 17.5. The molecule has 2 unspecified atom stereocenters. The van der Waals surface area contributed by atoms with Crippen LogP contribution in [0.3, 0.4) is 0 Å². The van der Waals surface area contributed by atoms with Crippen molar-refractivity contribution in [3.05, 3.63) is 0 Å². The molecule has 0 heterocycles. The summed E-state index contributed by atoms with van der Waals surface area (Å²) in [5, 5.41) is 0. The second kappa shape index (κ2) is 20.2. The van der Waals surface area contributed by atoms with Crippen LogP contribution in [-0.2, 0) is 19.1 Å². The molecule has 0 aliphatic heterocycles. The number of carbonyl (C=O) groups is 2. The highest BCUT2D eigenvalue weighted by molar-refractivity contribution is 5.72. The third-order valence-electron chi connectivity index (χ3n) is 5.68. The van der Waals surface area contributed by atoms with Crippen molar-refractivity contribution in [2.45, 2.75) is 124 Å². The van der Waals surface area contributed by atoms with Crippen LogP contribution in [0, 0.1) is 11.8 Å². The average Bonchev–Trinajstić information content (AvgIpc) is 2.72. The summed E-state index contributed by atoms with van der Waals surface area (Å²) in [6.45, 7) is 9.32. The molecule has 0 N–H and O–H groups in total. The van der Waals surface area contributed by atoms with Gasteiger partial charge in [-0.05, 0) is 31.6 Å². The minimum Gasteiger partial charge on any atom is -0.466 e. The number of unbranched alkanes of at least 4 members (excludes halogenated alkanes) is 10. The maximum atomic E-state index is 11.9. The molecule has 0 amide bonds. The van der Waals surface area contributed by atoms with Crippen LogP contribution >= 0.6 is 0 Å². The Morgan fingerprint density at radius 2 is 1.10 bits per heavy atom. The average molecular weight is 413 g/mol. The fourth-order valence-electron chi connectivity index (χ4n) is 3.43. The number of ether oxygens (including phenoxy) is 2. The summed E-state index contributed by atoms with van der Waals surface area (Å²) in [6.07, 6.45) is 17.2. The molecule has 0 spiro atoms. The van der Waals surface area contributed by atoms with E-state index in [1.807, 2.05) is 20.8 Å². The molecule has 0 rings (SSSR count). The summed E-state index contributed by atoms with van der Waals surface area (Å²) in [4.78, 5) is 23.3. The largest absolute Gasteiger partial charge is 0.466 e. The van der Waals surface area contributed by atoms with Gasteiger partial charge in [0.2, 0.25) is 0 Å². The molecule has 0 saturated heterocycles. The first-order valence-electron chi connectivity index (χ1n) is 12.3. The van der Waals surface area contributed by atoms with Crippen molar-refractivity contribution >= 4 is 11.9 Å². The minimum absolute atomic E-state index is 0.0172. The smallest absolute Gasteiger partial charge is 0.308 e. The van der Waals surface area contributed by atoms with E-state index in [1.54, 1.807) is 0 Å². The van der Waals surface area contributed by atoms with E-state index in [4.69, 9.17) is 9.47 Å². The molecule has 0 aliphatic carbocycles. The Morgan fingerprint density at radius 1 is 0.655 bits per heavy atom. The highest BCUT2D eigenvalue weighted by Crippen LogP contribution is 2.21. The molecule has 2 atom stereocenters. The van der Waals surface area contributed by atoms with E-state index in [9.17, 15) is 9.59 Å². The van der Waals surface area contributed by atoms with Crippen LogP contribution in [0.5, 0.6) is 0 Å². The summed E-state index contributed by atoms with van der Waals surface area (Å²) >= 11 is 0. The Labute approximate surface area is 180 Å². The highest BCUT2D eigenvalue weighted by atomic mass is 16.5. The fourth-order valence-corrected chi connectivity index (χ4v) is 3.43. The summed E-state index contributed by atoms with van der Waals surface area (Å²) in [7, 11) is 0. The predicted octanol–water partition coefficient (Wildman–Crippen LogP) is 7.24. The summed E-state index contributed by atoms with van der Waals surface area (Å²) in [5.74, 6) is 0.360. The van der Waals surface area contributed by atoms with Gasteiger partial charge in [0.25, 0.3) is 0 Å². The van der Waals surface area contributed by atoms with Crippen LogP contribution in [0.25, 0.3) is 0 Å². The number of rotatable bonds is 20. The quantitative estimate of drug-likeness (QED) is 0.156. The van der Waals surface area contributed by atoms with Gasteiger partial charge in [-0.1, -0.05) is 91.9 Å². The van der Waals surface area contributed by atoms with E-state index in [0.717, 1.165) is 32.1 Å². The standard InChI is InChI=1S/C25H48O4/c1-5-20-28-24(26)19-17-15-13-11-9-7-8-10-12-14-16-18-22(3)23(4)25(27)29-21-6-2/h22-23H,5-21H2,1-4H3. The molecule has 0 aliphatic rings. The van der Waals surface area contributed by atoms with Crippen LogP contribution in [0.1, 0.15) is 124 Å². The SMILES string of the molecule is CCCOC(=O)CCCCCCCCCCCCCC(C)C(C)C(=O)OCCC. The van der Waals surface area contributed by atoms with Crippen LogP contribution in [0.4, 0.5) is 0 Å². The van der Waals surface area contributed by atoms with E-state index >= 15 is 0 Å². The van der Waals surface area contributed by atoms with Crippen LogP contribution in [-0.4, -0.2) is 25.2 Å². The van der Waals surface area contributed by atoms with Crippen molar-refractivity contribution in [2.75, 3.05) is 13.2 Å². The third-order valence-corrected chi connectivity index (χ3v) is 5.68. The molecule has 4 nitrogen and oxygen atoms in total. The molecule has 0 bridgehead atoms. The predicted molar refractivity (Wildman–Crippen MR) is 121 cm³/mol. The summed E-state index contributed by atoms with van der Waals surface area (Å²) in [5.41, 5.74) is 0. The van der Waals surface area contributed by atoms with Gasteiger partial charge in [0.1, 0.15) is 0 Å². The monoisotopic (exact) mass is 412 g/mol. The number of hydrogen-bond donors (Lipinski definition) is 0. The van der Waals surface area contributed by atoms with E-state index in [0.29, 0.717) is 25.6 Å². The molecule has 0 aromatic rings. The van der Waals surface area contributed by atoms with Crippen molar-refractivity contribution in [3.8, 4) is 0 Å². The molecule has 0 aromatic carbocycles. The van der Waals surface area contributed by atoms with Gasteiger partial charge < -0.3 is 9.47 Å². The Hall–Kier alpha value is -1.06. The van der Waals surface area contributed by atoms with E-state index in [2.05, 4.69) is 6.92 Å². The molecule has 4 heteroatoms. The molecule has 29 heavy (non-hydrogen) atoms. The maximum Gasteiger partial charge on any atom is 0.308 e. The van der Waals surface area contributed by atoms with Gasteiger partial charge in [0.15, 0.2) is 0 Å². The van der Waals surface area contributed by atoms with Crippen molar-refractivity contribution in [1.82, 2.24) is 0 Å². The molecule has 0 saturated carbocycles. The van der Waals surface area contributed by atoms with Gasteiger partial charge in [0.05, 0.1) is 19.1 Å². The van der Waals surface area contributed by atoms with Gasteiger partial charge in [-0.3, -0.25) is 9.59 Å². The van der Waals surface area contributed by atoms with Crippen LogP contribution < -0.4 is 0 Å². The summed E-state index contributed by atoms with van der Waals surface area (Å²) < 4.78 is 10.3. The highest BCUT2D eigenvalue weighted by Gasteiger charge is 2.20. The summed E-state index contributed by atoms with van der Waals surface area (Å²) in [6, 6.07) is 0. The van der Waals surface area contributed by atoms with Crippen molar-refractivity contribution in [3.63, 3.8) is 0 Å². The first-order chi connectivity index (χ1) is 14.0. The Morgan fingerprint density at radius 3 is 1.62 bits per heavy atom. The molecule has 0 aromatic heterocycles. The Kier molecular flexibility index (Phi) is 19.5. The lowest BCUT2D eigenvalue weighted by Crippen LogP contribution is -2.21. The van der Waals surface area contributed by atoms with Crippen molar-refractivity contribution < 1.29 is 19.1 Å². The lowest BCUT2D eigenvalue weighted by atomic mass is 9.90. The fraction of sp³-hybridized carbons (Fsp3) is 0.920. The van der Waals surface area contributed by atoms with Crippen molar-refractivity contribution in [1.29, 1.82) is 0 Å². The lowest BCUT2D eigenvalue weighted by molar-refractivity contribution is -0.149. The van der Waals surface area contributed by atoms with Crippen LogP contribution in [0.15, 0.2) is 0 Å². The Balaban J connectivity index is 3.37. The maximum absolute atomic E-state index is 11.9. The van der Waals surface area contributed by atoms with Crippen LogP contribution in [0.2, 0.25) is 0 Å². The van der Waals surface area contributed by atoms with Gasteiger partial charge in [-0.2, -0.15) is 0 Å². The van der Waals surface area contributed by atoms with E-state index < -0.39 is 0 Å². The van der Waals surface area contributed by atoms with Gasteiger partial charge in [-0.15, -0.1) is 0 Å². The van der Waals surface area contributed by atoms with E-state index in [1.165, 1.54) is 57.8 Å². The zero-order valence-electron chi connectivity index (χ0n) is 19.8. The lowest BCUT2D eigenvalue weighted by Gasteiger charge is -2.18. The molecule has 172 valence electrons. The second-order valence-electron chi connectivity index (χ2n) is 8.58. The minimum atomic E-state index is -0.0351. The van der Waals surface area contributed by atoms with Gasteiger partial charge >= 0.3 is 11.9 Å². The van der Waals surface area contributed by atoms with Gasteiger partial charge in [-0.25, -0.2) is 0 Å². The number of esters is 2. The second-order valence-corrected chi connectivity index (χ2v) is 8.58. The molecule has 0 radical (unpaired) electrons. The van der Waals surface area contributed by atoms with Crippen molar-refractivity contribution in [2.24, 2.45) is 11.8 Å².